The van der Waals surface area contributed by atoms with Crippen molar-refractivity contribution in [3.8, 4) is 11.5 Å². The Balaban J connectivity index is 2.68. The fourth-order valence-corrected chi connectivity index (χ4v) is 1.54. The quantitative estimate of drug-likeness (QED) is 0.550. The summed E-state index contributed by atoms with van der Waals surface area (Å²) in [4.78, 5) is 0. The largest absolute Gasteiger partial charge is 0.497 e. The Bertz CT molecular complexity index is 404. The molecule has 0 bridgehead atoms. The van der Waals surface area contributed by atoms with Crippen molar-refractivity contribution in [3.05, 3.63) is 35.9 Å². The maximum absolute atomic E-state index is 5.75. The minimum atomic E-state index is 0.512. The van der Waals surface area contributed by atoms with Crippen LogP contribution in [0, 0.1) is 0 Å². The number of hydrogen-bond acceptors (Lipinski definition) is 4. The molecule has 0 spiro atoms. The molecule has 0 aliphatic rings. The summed E-state index contributed by atoms with van der Waals surface area (Å²) in [6, 6.07) is 5.84. The van der Waals surface area contributed by atoms with Crippen molar-refractivity contribution in [1.29, 1.82) is 0 Å². The molecule has 0 atom stereocenters. The van der Waals surface area contributed by atoms with Crippen molar-refractivity contribution in [1.82, 2.24) is 5.32 Å². The highest BCUT2D eigenvalue weighted by Gasteiger charge is 2.06. The van der Waals surface area contributed by atoms with Crippen LogP contribution in [0.4, 0.5) is 0 Å². The summed E-state index contributed by atoms with van der Waals surface area (Å²) in [7, 11) is 3.34. The summed E-state index contributed by atoms with van der Waals surface area (Å²) in [6.07, 6.45) is 0. The Morgan fingerprint density at radius 1 is 1.32 bits per heavy atom. The maximum atomic E-state index is 5.75. The van der Waals surface area contributed by atoms with Crippen LogP contribution >= 0.6 is 0 Å². The highest BCUT2D eigenvalue weighted by Crippen LogP contribution is 2.25. The van der Waals surface area contributed by atoms with E-state index in [0.717, 1.165) is 35.7 Å². The van der Waals surface area contributed by atoms with Gasteiger partial charge in [-0.3, -0.25) is 0 Å². The van der Waals surface area contributed by atoms with E-state index in [1.807, 2.05) is 25.1 Å². The zero-order chi connectivity index (χ0) is 14.1. The summed E-state index contributed by atoms with van der Waals surface area (Å²) in [5, 5.41) is 3.30. The number of rotatable bonds is 9. The van der Waals surface area contributed by atoms with Gasteiger partial charge in [0.1, 0.15) is 18.1 Å². The first-order valence-corrected chi connectivity index (χ1v) is 6.31. The number of benzene rings is 1. The van der Waals surface area contributed by atoms with Crippen molar-refractivity contribution in [3.63, 3.8) is 0 Å². The summed E-state index contributed by atoms with van der Waals surface area (Å²) >= 11 is 0. The maximum Gasteiger partial charge on any atom is 0.127 e. The van der Waals surface area contributed by atoms with Crippen molar-refractivity contribution in [2.75, 3.05) is 34.0 Å². The molecule has 0 saturated carbocycles. The van der Waals surface area contributed by atoms with Gasteiger partial charge in [-0.25, -0.2) is 0 Å². The molecule has 106 valence electrons. The van der Waals surface area contributed by atoms with Crippen LogP contribution in [0.2, 0.25) is 0 Å². The first-order chi connectivity index (χ1) is 9.17. The Kier molecular flexibility index (Phi) is 7.00. The molecule has 0 aliphatic heterocycles. The molecule has 0 aliphatic carbocycles. The number of ether oxygens (including phenoxy) is 3. The molecule has 0 saturated heterocycles. The van der Waals surface area contributed by atoms with Crippen molar-refractivity contribution in [2.24, 2.45) is 0 Å². The van der Waals surface area contributed by atoms with Crippen LogP contribution in [0.15, 0.2) is 30.4 Å². The SMILES string of the molecule is C=C(C)COc1cc(OC)ccc1CNCCOC. The molecule has 0 heterocycles. The molecular weight excluding hydrogens is 242 g/mol. The van der Waals surface area contributed by atoms with Crippen LogP contribution in [0.1, 0.15) is 12.5 Å². The van der Waals surface area contributed by atoms with Gasteiger partial charge in [-0.2, -0.15) is 0 Å². The molecule has 0 radical (unpaired) electrons. The molecule has 0 fully saturated rings. The van der Waals surface area contributed by atoms with Gasteiger partial charge in [0.05, 0.1) is 13.7 Å². The molecule has 4 heteroatoms. The Labute approximate surface area is 115 Å². The summed E-state index contributed by atoms with van der Waals surface area (Å²) in [6.45, 7) is 8.53. The second-order valence-electron chi connectivity index (χ2n) is 4.39. The summed E-state index contributed by atoms with van der Waals surface area (Å²) in [5.41, 5.74) is 2.08. The smallest absolute Gasteiger partial charge is 0.127 e. The van der Waals surface area contributed by atoms with Crippen LogP contribution in [0.5, 0.6) is 11.5 Å². The van der Waals surface area contributed by atoms with E-state index >= 15 is 0 Å². The summed E-state index contributed by atoms with van der Waals surface area (Å²) < 4.78 is 16.0. The lowest BCUT2D eigenvalue weighted by Gasteiger charge is -2.13. The monoisotopic (exact) mass is 265 g/mol. The Morgan fingerprint density at radius 2 is 2.11 bits per heavy atom. The minimum Gasteiger partial charge on any atom is -0.497 e. The summed E-state index contributed by atoms with van der Waals surface area (Å²) in [5.74, 6) is 1.62. The van der Waals surface area contributed by atoms with E-state index in [-0.39, 0.29) is 0 Å². The van der Waals surface area contributed by atoms with E-state index in [9.17, 15) is 0 Å². The standard InChI is InChI=1S/C15H23NO3/c1-12(2)11-19-15-9-14(18-4)6-5-13(15)10-16-7-8-17-3/h5-6,9,16H,1,7-8,10-11H2,2-4H3. The molecule has 0 aromatic heterocycles. The van der Waals surface area contributed by atoms with Gasteiger partial charge in [-0.15, -0.1) is 0 Å². The first kappa shape index (κ1) is 15.5. The van der Waals surface area contributed by atoms with E-state index in [1.165, 1.54) is 0 Å². The molecule has 0 amide bonds. The lowest BCUT2D eigenvalue weighted by molar-refractivity contribution is 0.199. The average Bonchev–Trinajstić information content (AvgIpc) is 2.42. The third-order valence-corrected chi connectivity index (χ3v) is 2.55. The van der Waals surface area contributed by atoms with E-state index in [4.69, 9.17) is 14.2 Å². The predicted octanol–water partition coefficient (Wildman–Crippen LogP) is 2.39. The normalized spacial score (nSPS) is 10.3. The predicted molar refractivity (Wildman–Crippen MR) is 76.9 cm³/mol. The van der Waals surface area contributed by atoms with Gasteiger partial charge in [0, 0.05) is 31.8 Å². The van der Waals surface area contributed by atoms with Gasteiger partial charge in [0.2, 0.25) is 0 Å². The molecule has 1 N–H and O–H groups in total. The van der Waals surface area contributed by atoms with Crippen LogP contribution in [-0.4, -0.2) is 34.0 Å². The molecular formula is C15H23NO3. The lowest BCUT2D eigenvalue weighted by Crippen LogP contribution is -2.19. The van der Waals surface area contributed by atoms with Crippen molar-refractivity contribution >= 4 is 0 Å². The number of hydrogen-bond donors (Lipinski definition) is 1. The Hall–Kier alpha value is -1.52. The highest BCUT2D eigenvalue weighted by molar-refractivity contribution is 5.40. The van der Waals surface area contributed by atoms with Gasteiger partial charge in [0.15, 0.2) is 0 Å². The number of nitrogens with one attached hydrogen (secondary N) is 1. The first-order valence-electron chi connectivity index (χ1n) is 6.31. The zero-order valence-corrected chi connectivity index (χ0v) is 12.0. The van der Waals surface area contributed by atoms with Gasteiger partial charge < -0.3 is 19.5 Å². The highest BCUT2D eigenvalue weighted by atomic mass is 16.5. The van der Waals surface area contributed by atoms with Gasteiger partial charge >= 0.3 is 0 Å². The van der Waals surface area contributed by atoms with Crippen LogP contribution < -0.4 is 14.8 Å². The second-order valence-corrected chi connectivity index (χ2v) is 4.39. The third kappa shape index (κ3) is 5.77. The van der Waals surface area contributed by atoms with Crippen LogP contribution in [-0.2, 0) is 11.3 Å². The fourth-order valence-electron chi connectivity index (χ4n) is 1.54. The topological polar surface area (TPSA) is 39.7 Å². The molecule has 0 unspecified atom stereocenters. The zero-order valence-electron chi connectivity index (χ0n) is 12.0. The van der Waals surface area contributed by atoms with Gasteiger partial charge in [0.25, 0.3) is 0 Å². The molecule has 4 nitrogen and oxygen atoms in total. The van der Waals surface area contributed by atoms with Crippen LogP contribution in [0.25, 0.3) is 0 Å². The van der Waals surface area contributed by atoms with Crippen molar-refractivity contribution in [2.45, 2.75) is 13.5 Å². The van der Waals surface area contributed by atoms with Crippen LogP contribution in [0.3, 0.4) is 0 Å². The molecule has 1 rings (SSSR count). The molecule has 1 aromatic carbocycles. The second kappa shape index (κ2) is 8.56. The minimum absolute atomic E-state index is 0.512. The third-order valence-electron chi connectivity index (χ3n) is 2.55. The van der Waals surface area contributed by atoms with Gasteiger partial charge in [-0.05, 0) is 18.6 Å². The van der Waals surface area contributed by atoms with E-state index in [1.54, 1.807) is 14.2 Å². The van der Waals surface area contributed by atoms with E-state index < -0.39 is 0 Å². The average molecular weight is 265 g/mol. The number of methoxy groups -OCH3 is 2. The fraction of sp³-hybridized carbons (Fsp3) is 0.467. The van der Waals surface area contributed by atoms with Gasteiger partial charge in [-0.1, -0.05) is 12.6 Å². The van der Waals surface area contributed by atoms with Crippen molar-refractivity contribution < 1.29 is 14.2 Å². The molecule has 1 aromatic rings. The van der Waals surface area contributed by atoms with E-state index in [0.29, 0.717) is 13.2 Å². The van der Waals surface area contributed by atoms with E-state index in [2.05, 4.69) is 11.9 Å². The Morgan fingerprint density at radius 3 is 2.74 bits per heavy atom. The lowest BCUT2D eigenvalue weighted by atomic mass is 10.2. The molecule has 19 heavy (non-hydrogen) atoms.